The van der Waals surface area contributed by atoms with Crippen molar-refractivity contribution >= 4 is 50.3 Å². The summed E-state index contributed by atoms with van der Waals surface area (Å²) in [7, 11) is 0. The Kier molecular flexibility index (Phi) is 5.73. The number of benzene rings is 3. The van der Waals surface area contributed by atoms with Gasteiger partial charge in [0.05, 0.1) is 9.95 Å². The van der Waals surface area contributed by atoms with E-state index in [1.54, 1.807) is 6.07 Å². The van der Waals surface area contributed by atoms with Crippen molar-refractivity contribution in [3.8, 4) is 0 Å². The summed E-state index contributed by atoms with van der Waals surface area (Å²) in [5.74, 6) is -0.190. The van der Waals surface area contributed by atoms with Crippen LogP contribution >= 0.6 is 22.9 Å². The number of hydrogen-bond acceptors (Lipinski definition) is 4. The van der Waals surface area contributed by atoms with Crippen LogP contribution in [0.1, 0.15) is 59.1 Å². The van der Waals surface area contributed by atoms with E-state index in [-0.39, 0.29) is 17.0 Å². The minimum atomic E-state index is -0.523. The van der Waals surface area contributed by atoms with E-state index in [2.05, 4.69) is 65.0 Å². The van der Waals surface area contributed by atoms with Crippen LogP contribution in [0.2, 0.25) is 5.02 Å². The molecule has 7 heteroatoms. The zero-order valence-electron chi connectivity index (χ0n) is 20.9. The first-order chi connectivity index (χ1) is 16.9. The fourth-order valence-corrected chi connectivity index (χ4v) is 7.10. The van der Waals surface area contributed by atoms with Crippen LogP contribution in [0, 0.1) is 24.0 Å². The maximum absolute atomic E-state index is 14.2. The van der Waals surface area contributed by atoms with Crippen LogP contribution in [0.5, 0.6) is 0 Å². The summed E-state index contributed by atoms with van der Waals surface area (Å²) in [5, 5.41) is 12.3. The molecule has 5 rings (SSSR count). The first-order valence-electron chi connectivity index (χ1n) is 11.8. The van der Waals surface area contributed by atoms with Crippen LogP contribution in [0.25, 0.3) is 10.1 Å². The molecule has 2 heterocycles. The topological polar surface area (TPSA) is 63.5 Å². The number of carbonyl (C=O) groups is 1. The molecule has 0 saturated heterocycles. The van der Waals surface area contributed by atoms with Gasteiger partial charge < -0.3 is 4.90 Å². The molecule has 0 radical (unpaired) electrons. The number of nitro benzene ring substituents is 1. The molecule has 3 aromatic carbocycles. The number of nitrogens with zero attached hydrogens (tertiary/aromatic N) is 2. The van der Waals surface area contributed by atoms with E-state index in [0.717, 1.165) is 23.2 Å². The van der Waals surface area contributed by atoms with E-state index in [4.69, 9.17) is 11.6 Å². The Morgan fingerprint density at radius 2 is 1.67 bits per heavy atom. The zero-order valence-corrected chi connectivity index (χ0v) is 22.5. The Labute approximate surface area is 219 Å². The van der Waals surface area contributed by atoms with Crippen molar-refractivity contribution in [1.29, 1.82) is 0 Å². The van der Waals surface area contributed by atoms with Gasteiger partial charge in [0.1, 0.15) is 4.88 Å². The van der Waals surface area contributed by atoms with Gasteiger partial charge in [-0.3, -0.25) is 14.9 Å². The van der Waals surface area contributed by atoms with Crippen molar-refractivity contribution in [3.63, 3.8) is 0 Å². The molecule has 1 aliphatic heterocycles. The molecule has 0 N–H and O–H groups in total. The molecule has 0 spiro atoms. The maximum Gasteiger partial charge on any atom is 0.270 e. The molecule has 1 aromatic heterocycles. The summed E-state index contributed by atoms with van der Waals surface area (Å²) in [5.41, 5.74) is 4.69. The summed E-state index contributed by atoms with van der Waals surface area (Å²) in [6, 6.07) is 19.4. The average molecular weight is 519 g/mol. The van der Waals surface area contributed by atoms with E-state index in [0.29, 0.717) is 20.0 Å². The lowest BCUT2D eigenvalue weighted by Crippen LogP contribution is -2.55. The lowest BCUT2D eigenvalue weighted by atomic mass is 9.65. The lowest BCUT2D eigenvalue weighted by Gasteiger charge is -2.51. The first-order valence-corrected chi connectivity index (χ1v) is 13.0. The molecule has 1 amide bonds. The second-order valence-corrected chi connectivity index (χ2v) is 12.0. The minimum absolute atomic E-state index is 0.0209. The van der Waals surface area contributed by atoms with Crippen molar-refractivity contribution in [3.05, 3.63) is 103 Å². The average Bonchev–Trinajstić information content (AvgIpc) is 3.15. The van der Waals surface area contributed by atoms with Gasteiger partial charge in [-0.05, 0) is 57.4 Å². The van der Waals surface area contributed by atoms with E-state index in [9.17, 15) is 14.9 Å². The highest BCUT2D eigenvalue weighted by molar-refractivity contribution is 7.21. The summed E-state index contributed by atoms with van der Waals surface area (Å²) in [6.07, 6.45) is 0.721. The zero-order chi connectivity index (χ0) is 26.0. The largest absolute Gasteiger partial charge is 0.302 e. The highest BCUT2D eigenvalue weighted by atomic mass is 35.5. The Bertz CT molecular complexity index is 1540. The predicted octanol–water partition coefficient (Wildman–Crippen LogP) is 8.21. The molecular formula is C29H27ClN2O3S. The minimum Gasteiger partial charge on any atom is -0.302 e. The quantitative estimate of drug-likeness (QED) is 0.203. The van der Waals surface area contributed by atoms with Crippen LogP contribution < -0.4 is 4.90 Å². The number of aryl methyl sites for hydroxylation is 2. The molecular weight excluding hydrogens is 492 g/mol. The van der Waals surface area contributed by atoms with Crippen molar-refractivity contribution in [1.82, 2.24) is 0 Å². The van der Waals surface area contributed by atoms with Crippen molar-refractivity contribution in [2.45, 2.75) is 52.0 Å². The first kappa shape index (κ1) is 24.5. The molecule has 0 unspecified atom stereocenters. The summed E-state index contributed by atoms with van der Waals surface area (Å²) < 4.78 is 0.626. The number of halogens is 1. The molecule has 0 fully saturated rings. The van der Waals surface area contributed by atoms with Gasteiger partial charge in [0, 0.05) is 38.9 Å². The Balaban J connectivity index is 1.68. The maximum atomic E-state index is 14.2. The van der Waals surface area contributed by atoms with Crippen LogP contribution in [0.15, 0.2) is 60.7 Å². The molecule has 1 aliphatic rings. The number of carbonyl (C=O) groups excluding carboxylic acids is 1. The third-order valence-electron chi connectivity index (χ3n) is 7.29. The standard InChI is InChI=1S/C29H27ClN2O3S/c1-17-6-9-19(10-7-17)29(5)16-28(3,4)31(23-13-8-18(2)14-22(23)29)27(33)26-25(30)21-12-11-20(32(34)35)15-24(21)36-26/h6-15H,16H2,1-5H3/t29-/m0/s1. The van der Waals surface area contributed by atoms with Crippen LogP contribution in [0.4, 0.5) is 11.4 Å². The molecule has 0 saturated carbocycles. The van der Waals surface area contributed by atoms with E-state index in [1.807, 2.05) is 17.0 Å². The second-order valence-electron chi connectivity index (χ2n) is 10.5. The van der Waals surface area contributed by atoms with Gasteiger partial charge in [-0.25, -0.2) is 0 Å². The van der Waals surface area contributed by atoms with Crippen LogP contribution in [-0.4, -0.2) is 16.4 Å². The number of hydrogen-bond donors (Lipinski definition) is 0. The molecule has 5 nitrogen and oxygen atoms in total. The molecule has 36 heavy (non-hydrogen) atoms. The van der Waals surface area contributed by atoms with Gasteiger partial charge in [0.25, 0.3) is 11.6 Å². The second kappa shape index (κ2) is 8.43. The lowest BCUT2D eigenvalue weighted by molar-refractivity contribution is -0.384. The van der Waals surface area contributed by atoms with Gasteiger partial charge >= 0.3 is 0 Å². The van der Waals surface area contributed by atoms with Crippen molar-refractivity contribution < 1.29 is 9.72 Å². The number of nitro groups is 1. The summed E-state index contributed by atoms with van der Waals surface area (Å²) >= 11 is 7.91. The molecule has 0 aliphatic carbocycles. The highest BCUT2D eigenvalue weighted by Crippen LogP contribution is 2.52. The molecule has 1 atom stereocenters. The molecule has 4 aromatic rings. The van der Waals surface area contributed by atoms with E-state index < -0.39 is 10.5 Å². The Hall–Kier alpha value is -3.22. The molecule has 0 bridgehead atoms. The van der Waals surface area contributed by atoms with E-state index in [1.165, 1.54) is 34.6 Å². The number of non-ortho nitro benzene ring substituents is 1. The summed E-state index contributed by atoms with van der Waals surface area (Å²) in [4.78, 5) is 27.3. The monoisotopic (exact) mass is 518 g/mol. The van der Waals surface area contributed by atoms with Crippen LogP contribution in [0.3, 0.4) is 0 Å². The number of anilines is 1. The normalized spacial score (nSPS) is 18.8. The Morgan fingerprint density at radius 3 is 2.33 bits per heavy atom. The van der Waals surface area contributed by atoms with Crippen LogP contribution in [-0.2, 0) is 5.41 Å². The van der Waals surface area contributed by atoms with Gasteiger partial charge in [0.2, 0.25) is 0 Å². The van der Waals surface area contributed by atoms with Gasteiger partial charge in [-0.1, -0.05) is 66.0 Å². The SMILES string of the molecule is Cc1ccc([C@]2(C)CC(C)(C)N(C(=O)c3sc4cc([N+](=O)[O-])ccc4c3Cl)c3ccc(C)cc32)cc1. The number of fused-ring (bicyclic) bond motifs is 2. The smallest absolute Gasteiger partial charge is 0.270 e. The fourth-order valence-electron chi connectivity index (χ4n) is 5.62. The van der Waals surface area contributed by atoms with Crippen molar-refractivity contribution in [2.75, 3.05) is 4.90 Å². The van der Waals surface area contributed by atoms with Crippen molar-refractivity contribution in [2.24, 2.45) is 0 Å². The number of rotatable bonds is 3. The van der Waals surface area contributed by atoms with Gasteiger partial charge in [0.15, 0.2) is 0 Å². The third-order valence-corrected chi connectivity index (χ3v) is 8.93. The Morgan fingerprint density at radius 1 is 1.00 bits per heavy atom. The van der Waals surface area contributed by atoms with E-state index >= 15 is 0 Å². The van der Waals surface area contributed by atoms with Gasteiger partial charge in [-0.15, -0.1) is 11.3 Å². The predicted molar refractivity (Wildman–Crippen MR) is 148 cm³/mol. The third kappa shape index (κ3) is 3.80. The summed E-state index contributed by atoms with van der Waals surface area (Å²) in [6.45, 7) is 10.6. The number of amides is 1. The van der Waals surface area contributed by atoms with Gasteiger partial charge in [-0.2, -0.15) is 0 Å². The molecule has 184 valence electrons. The highest BCUT2D eigenvalue weighted by Gasteiger charge is 2.48. The fraction of sp³-hybridized carbons (Fsp3) is 0.276. The number of thiophene rings is 1.